The van der Waals surface area contributed by atoms with Crippen LogP contribution < -0.4 is 4.74 Å². The molecule has 2 aliphatic heterocycles. The van der Waals surface area contributed by atoms with Gasteiger partial charge in [-0.05, 0) is 68.8 Å². The summed E-state index contributed by atoms with van der Waals surface area (Å²) in [6.45, 7) is 5.48. The quantitative estimate of drug-likeness (QED) is 0.777. The molecule has 2 saturated heterocycles. The highest BCUT2D eigenvalue weighted by atomic mass is 16.5. The van der Waals surface area contributed by atoms with Crippen molar-refractivity contribution >= 4 is 5.91 Å². The van der Waals surface area contributed by atoms with Gasteiger partial charge in [-0.3, -0.25) is 14.8 Å². The zero-order valence-corrected chi connectivity index (χ0v) is 19.1. The van der Waals surface area contributed by atoms with Gasteiger partial charge in [-0.25, -0.2) is 0 Å². The van der Waals surface area contributed by atoms with Crippen molar-refractivity contribution in [1.29, 1.82) is 0 Å². The Labute approximate surface area is 190 Å². The number of benzene rings is 1. The predicted molar refractivity (Wildman–Crippen MR) is 122 cm³/mol. The topological polar surface area (TPSA) is 70.7 Å². The summed E-state index contributed by atoms with van der Waals surface area (Å²) in [6.07, 6.45) is 8.70. The fraction of sp³-hybridized carbons (Fsp3) is 0.600. The van der Waals surface area contributed by atoms with Crippen molar-refractivity contribution < 1.29 is 14.3 Å². The second-order valence-electron chi connectivity index (χ2n) is 9.29. The fourth-order valence-electron chi connectivity index (χ4n) is 5.46. The lowest BCUT2D eigenvalue weighted by molar-refractivity contribution is 0.0301. The Balaban J connectivity index is 1.23. The van der Waals surface area contributed by atoms with Gasteiger partial charge in [0.05, 0.1) is 37.8 Å². The van der Waals surface area contributed by atoms with Crippen molar-refractivity contribution in [2.45, 2.75) is 51.0 Å². The largest absolute Gasteiger partial charge is 0.496 e. The molecular formula is C25H34N4O3. The number of H-pyrrole nitrogens is 1. The van der Waals surface area contributed by atoms with Gasteiger partial charge in [0.25, 0.3) is 5.91 Å². The molecular weight excluding hydrogens is 404 g/mol. The number of methoxy groups -OCH3 is 1. The molecule has 1 amide bonds. The first-order valence-electron chi connectivity index (χ1n) is 12.0. The molecule has 3 heterocycles. The fourth-order valence-corrected chi connectivity index (χ4v) is 5.46. The monoisotopic (exact) mass is 438 g/mol. The zero-order chi connectivity index (χ0) is 21.9. The molecule has 7 nitrogen and oxygen atoms in total. The number of hydrogen-bond acceptors (Lipinski definition) is 5. The maximum Gasteiger partial charge on any atom is 0.257 e. The van der Waals surface area contributed by atoms with Crippen LogP contribution in [0, 0.1) is 0 Å². The van der Waals surface area contributed by atoms with Crippen LogP contribution in [0.5, 0.6) is 5.75 Å². The number of nitrogens with zero attached hydrogens (tertiary/aromatic N) is 3. The van der Waals surface area contributed by atoms with Crippen molar-refractivity contribution in [3.63, 3.8) is 0 Å². The number of carbonyl (C=O) groups is 1. The van der Waals surface area contributed by atoms with Crippen molar-refractivity contribution in [2.75, 3.05) is 46.5 Å². The van der Waals surface area contributed by atoms with Gasteiger partial charge >= 0.3 is 0 Å². The van der Waals surface area contributed by atoms with Gasteiger partial charge in [0, 0.05) is 31.1 Å². The van der Waals surface area contributed by atoms with E-state index in [4.69, 9.17) is 9.47 Å². The van der Waals surface area contributed by atoms with Gasteiger partial charge in [0.15, 0.2) is 0 Å². The number of nitrogens with one attached hydrogen (secondary N) is 1. The second-order valence-corrected chi connectivity index (χ2v) is 9.29. The SMILES string of the molecule is COc1cc2c(cc1CN1CCC(c3[nH]ncc3C(=O)N3CCOCC3)CC1)CCCC2. The van der Waals surface area contributed by atoms with E-state index in [1.165, 1.54) is 42.4 Å². The third-order valence-corrected chi connectivity index (χ3v) is 7.33. The number of aryl methyl sites for hydroxylation is 2. The number of hydrogen-bond donors (Lipinski definition) is 1. The Hall–Kier alpha value is -2.38. The zero-order valence-electron chi connectivity index (χ0n) is 19.1. The normalized spacial score (nSPS) is 20.2. The first-order valence-corrected chi connectivity index (χ1v) is 12.0. The van der Waals surface area contributed by atoms with Gasteiger partial charge in [0.1, 0.15) is 5.75 Å². The van der Waals surface area contributed by atoms with Crippen LogP contribution in [-0.4, -0.2) is 72.4 Å². The number of likely N-dealkylation sites (tertiary alicyclic amines) is 1. The summed E-state index contributed by atoms with van der Waals surface area (Å²) in [5.41, 5.74) is 6.02. The summed E-state index contributed by atoms with van der Waals surface area (Å²) in [7, 11) is 1.78. The number of morpholine rings is 1. The highest BCUT2D eigenvalue weighted by Gasteiger charge is 2.29. The minimum Gasteiger partial charge on any atom is -0.496 e. The first-order chi connectivity index (χ1) is 15.7. The molecule has 0 unspecified atom stereocenters. The van der Waals surface area contributed by atoms with Crippen LogP contribution in [0.1, 0.15) is 64.3 Å². The molecule has 1 aliphatic carbocycles. The van der Waals surface area contributed by atoms with E-state index in [1.54, 1.807) is 13.3 Å². The van der Waals surface area contributed by atoms with Crippen molar-refractivity contribution in [3.8, 4) is 5.75 Å². The maximum absolute atomic E-state index is 13.0. The van der Waals surface area contributed by atoms with E-state index >= 15 is 0 Å². The molecule has 1 N–H and O–H groups in total. The van der Waals surface area contributed by atoms with Gasteiger partial charge < -0.3 is 14.4 Å². The number of piperidine rings is 1. The minimum absolute atomic E-state index is 0.0817. The van der Waals surface area contributed by atoms with Crippen LogP contribution in [0.2, 0.25) is 0 Å². The third kappa shape index (κ3) is 4.41. The van der Waals surface area contributed by atoms with Crippen LogP contribution >= 0.6 is 0 Å². The average Bonchev–Trinajstić information content (AvgIpc) is 3.34. The lowest BCUT2D eigenvalue weighted by Gasteiger charge is -2.33. The van der Waals surface area contributed by atoms with Crippen molar-refractivity contribution in [3.05, 3.63) is 46.3 Å². The molecule has 5 rings (SSSR count). The average molecular weight is 439 g/mol. The van der Waals surface area contributed by atoms with Crippen LogP contribution in [-0.2, 0) is 24.1 Å². The van der Waals surface area contributed by atoms with E-state index in [0.717, 1.165) is 49.5 Å². The molecule has 0 saturated carbocycles. The molecule has 0 atom stereocenters. The molecule has 32 heavy (non-hydrogen) atoms. The van der Waals surface area contributed by atoms with Crippen molar-refractivity contribution in [1.82, 2.24) is 20.0 Å². The van der Waals surface area contributed by atoms with E-state index in [-0.39, 0.29) is 5.91 Å². The van der Waals surface area contributed by atoms with Crippen molar-refractivity contribution in [2.24, 2.45) is 0 Å². The number of rotatable bonds is 5. The lowest BCUT2D eigenvalue weighted by Crippen LogP contribution is -2.41. The molecule has 2 aromatic rings. The van der Waals surface area contributed by atoms with E-state index in [9.17, 15) is 4.79 Å². The Bertz CT molecular complexity index is 943. The minimum atomic E-state index is 0.0817. The third-order valence-electron chi connectivity index (χ3n) is 7.33. The Kier molecular flexibility index (Phi) is 6.46. The van der Waals surface area contributed by atoms with Crippen LogP contribution in [0.3, 0.4) is 0 Å². The Morgan fingerprint density at radius 2 is 1.84 bits per heavy atom. The van der Waals surface area contributed by atoms with Gasteiger partial charge in [-0.2, -0.15) is 5.10 Å². The summed E-state index contributed by atoms with van der Waals surface area (Å²) in [6, 6.07) is 4.65. The smallest absolute Gasteiger partial charge is 0.257 e. The molecule has 3 aliphatic rings. The highest BCUT2D eigenvalue weighted by molar-refractivity contribution is 5.95. The van der Waals surface area contributed by atoms with E-state index in [1.807, 2.05) is 4.90 Å². The molecule has 0 bridgehead atoms. The first kappa shape index (κ1) is 21.5. The molecule has 7 heteroatoms. The molecule has 0 radical (unpaired) electrons. The summed E-state index contributed by atoms with van der Waals surface area (Å²) in [5.74, 6) is 1.46. The van der Waals surface area contributed by atoms with Gasteiger partial charge in [-0.15, -0.1) is 0 Å². The van der Waals surface area contributed by atoms with Crippen LogP contribution in [0.4, 0.5) is 0 Å². The van der Waals surface area contributed by atoms with E-state index in [0.29, 0.717) is 32.2 Å². The van der Waals surface area contributed by atoms with E-state index in [2.05, 4.69) is 27.2 Å². The predicted octanol–water partition coefficient (Wildman–Crippen LogP) is 3.15. The summed E-state index contributed by atoms with van der Waals surface area (Å²) in [4.78, 5) is 17.4. The van der Waals surface area contributed by atoms with Crippen LogP contribution in [0.25, 0.3) is 0 Å². The molecule has 0 spiro atoms. The standard InChI is InChI=1S/C25H34N4O3/c1-31-23-15-20-5-3-2-4-19(20)14-21(23)17-28-8-6-18(7-9-28)24-22(16-26-27-24)25(30)29-10-12-32-13-11-29/h14-16,18H,2-13,17H2,1H3,(H,26,27). The number of ether oxygens (including phenoxy) is 2. The molecule has 172 valence electrons. The second kappa shape index (κ2) is 9.63. The Morgan fingerprint density at radius 3 is 2.56 bits per heavy atom. The Morgan fingerprint density at radius 1 is 1.12 bits per heavy atom. The van der Waals surface area contributed by atoms with Crippen LogP contribution in [0.15, 0.2) is 18.3 Å². The number of aromatic amines is 1. The highest BCUT2D eigenvalue weighted by Crippen LogP contribution is 2.33. The summed E-state index contributed by atoms with van der Waals surface area (Å²) in [5, 5.41) is 7.37. The molecule has 1 aromatic carbocycles. The van der Waals surface area contributed by atoms with Gasteiger partial charge in [0.2, 0.25) is 0 Å². The van der Waals surface area contributed by atoms with Gasteiger partial charge in [-0.1, -0.05) is 6.07 Å². The number of aromatic nitrogens is 2. The molecule has 2 fully saturated rings. The number of amides is 1. The number of fused-ring (bicyclic) bond motifs is 1. The lowest BCUT2D eigenvalue weighted by atomic mass is 9.89. The number of carbonyl (C=O) groups excluding carboxylic acids is 1. The maximum atomic E-state index is 13.0. The molecule has 1 aromatic heterocycles. The summed E-state index contributed by atoms with van der Waals surface area (Å²) < 4.78 is 11.1. The summed E-state index contributed by atoms with van der Waals surface area (Å²) >= 11 is 0. The van der Waals surface area contributed by atoms with E-state index < -0.39 is 0 Å².